The van der Waals surface area contributed by atoms with Crippen LogP contribution in [0.2, 0.25) is 5.02 Å². The molecule has 2 rings (SSSR count). The number of rotatable bonds is 4. The van der Waals surface area contributed by atoms with Gasteiger partial charge < -0.3 is 10.1 Å². The van der Waals surface area contributed by atoms with E-state index in [2.05, 4.69) is 31.0 Å². The molecule has 106 valence electrons. The van der Waals surface area contributed by atoms with Crippen LogP contribution in [0.25, 0.3) is 0 Å². The van der Waals surface area contributed by atoms with Gasteiger partial charge in [-0.2, -0.15) is 0 Å². The van der Waals surface area contributed by atoms with Crippen LogP contribution in [0.5, 0.6) is 0 Å². The molecule has 1 fully saturated rings. The van der Waals surface area contributed by atoms with Crippen LogP contribution in [0.1, 0.15) is 20.8 Å². The summed E-state index contributed by atoms with van der Waals surface area (Å²) in [5.41, 5.74) is 1.03. The molecule has 3 nitrogen and oxygen atoms in total. The maximum Gasteiger partial charge on any atom is 0.0757 e. The van der Waals surface area contributed by atoms with Crippen molar-refractivity contribution in [2.45, 2.75) is 32.5 Å². The van der Waals surface area contributed by atoms with Crippen LogP contribution in [-0.4, -0.2) is 42.8 Å². The summed E-state index contributed by atoms with van der Waals surface area (Å²) in [6.45, 7) is 10.4. The lowest BCUT2D eigenvalue weighted by Gasteiger charge is -2.41. The minimum Gasteiger partial charge on any atom is -0.384 e. The lowest BCUT2D eigenvalue weighted by atomic mass is 10.1. The van der Waals surface area contributed by atoms with Crippen molar-refractivity contribution in [3.8, 4) is 0 Å². The molecule has 0 aliphatic carbocycles. The predicted octanol–water partition coefficient (Wildman–Crippen LogP) is 3.25. The summed E-state index contributed by atoms with van der Waals surface area (Å²) < 4.78 is 5.90. The summed E-state index contributed by atoms with van der Waals surface area (Å²) >= 11 is 5.96. The van der Waals surface area contributed by atoms with Crippen LogP contribution in [0.4, 0.5) is 5.69 Å². The molecule has 1 aliphatic heterocycles. The second-order valence-corrected chi connectivity index (χ2v) is 6.30. The molecule has 1 aliphatic rings. The zero-order valence-corrected chi connectivity index (χ0v) is 12.7. The summed E-state index contributed by atoms with van der Waals surface area (Å²) in [6, 6.07) is 7.84. The highest BCUT2D eigenvalue weighted by molar-refractivity contribution is 6.30. The summed E-state index contributed by atoms with van der Waals surface area (Å²) in [5, 5.41) is 4.18. The standard InChI is InChI=1S/C15H23ClN2O/c1-12-10-18(11-15(2,3)19-12)8-7-17-14-6-4-5-13(16)9-14/h4-6,9,12,17H,7-8,10-11H2,1-3H3. The molecule has 1 unspecified atom stereocenters. The summed E-state index contributed by atoms with van der Waals surface area (Å²) in [7, 11) is 0. The Morgan fingerprint density at radius 1 is 1.47 bits per heavy atom. The molecule has 0 amide bonds. The number of nitrogens with zero attached hydrogens (tertiary/aromatic N) is 1. The van der Waals surface area contributed by atoms with E-state index in [9.17, 15) is 0 Å². The molecule has 19 heavy (non-hydrogen) atoms. The van der Waals surface area contributed by atoms with Crippen molar-refractivity contribution in [2.75, 3.05) is 31.5 Å². The van der Waals surface area contributed by atoms with Crippen molar-refractivity contribution >= 4 is 17.3 Å². The van der Waals surface area contributed by atoms with E-state index in [1.807, 2.05) is 24.3 Å². The van der Waals surface area contributed by atoms with Gasteiger partial charge in [0, 0.05) is 36.9 Å². The first-order valence-corrected chi connectivity index (χ1v) is 7.22. The molecule has 0 radical (unpaired) electrons. The third-order valence-corrected chi connectivity index (χ3v) is 3.46. The Labute approximate surface area is 120 Å². The van der Waals surface area contributed by atoms with Crippen molar-refractivity contribution in [3.05, 3.63) is 29.3 Å². The number of nitrogens with one attached hydrogen (secondary N) is 1. The highest BCUT2D eigenvalue weighted by Crippen LogP contribution is 2.20. The van der Waals surface area contributed by atoms with Gasteiger partial charge >= 0.3 is 0 Å². The molecule has 1 atom stereocenters. The van der Waals surface area contributed by atoms with Gasteiger partial charge in [0.05, 0.1) is 11.7 Å². The molecule has 0 spiro atoms. The zero-order valence-electron chi connectivity index (χ0n) is 11.9. The van der Waals surface area contributed by atoms with Crippen molar-refractivity contribution in [3.63, 3.8) is 0 Å². The Kier molecular flexibility index (Phi) is 4.71. The summed E-state index contributed by atoms with van der Waals surface area (Å²) in [6.07, 6.45) is 0.301. The molecule has 0 bridgehead atoms. The second kappa shape index (κ2) is 6.12. The van der Waals surface area contributed by atoms with Gasteiger partial charge in [0.1, 0.15) is 0 Å². The van der Waals surface area contributed by atoms with Crippen LogP contribution in [0.3, 0.4) is 0 Å². The van der Waals surface area contributed by atoms with Gasteiger partial charge in [-0.05, 0) is 39.0 Å². The largest absolute Gasteiger partial charge is 0.384 e. The average molecular weight is 283 g/mol. The van der Waals surface area contributed by atoms with Crippen molar-refractivity contribution in [1.82, 2.24) is 4.90 Å². The zero-order chi connectivity index (χ0) is 13.9. The molecular formula is C15H23ClN2O. The quantitative estimate of drug-likeness (QED) is 0.917. The molecule has 4 heteroatoms. The van der Waals surface area contributed by atoms with Crippen molar-refractivity contribution < 1.29 is 4.74 Å². The third kappa shape index (κ3) is 4.68. The number of hydrogen-bond donors (Lipinski definition) is 1. The fourth-order valence-corrected chi connectivity index (χ4v) is 2.90. The first-order chi connectivity index (χ1) is 8.94. The molecule has 1 aromatic carbocycles. The Morgan fingerprint density at radius 3 is 2.95 bits per heavy atom. The van der Waals surface area contributed by atoms with Crippen LogP contribution in [0.15, 0.2) is 24.3 Å². The first kappa shape index (κ1) is 14.6. The number of hydrogen-bond acceptors (Lipinski definition) is 3. The highest BCUT2D eigenvalue weighted by atomic mass is 35.5. The van der Waals surface area contributed by atoms with Gasteiger partial charge in [0.2, 0.25) is 0 Å². The Balaban J connectivity index is 1.79. The predicted molar refractivity (Wildman–Crippen MR) is 81.0 cm³/mol. The molecule has 1 N–H and O–H groups in total. The Bertz CT molecular complexity index is 422. The Morgan fingerprint density at radius 2 is 2.26 bits per heavy atom. The van der Waals surface area contributed by atoms with Gasteiger partial charge in [-0.1, -0.05) is 17.7 Å². The van der Waals surface area contributed by atoms with Gasteiger partial charge in [0.25, 0.3) is 0 Å². The minimum atomic E-state index is -0.0479. The van der Waals surface area contributed by atoms with E-state index in [-0.39, 0.29) is 5.60 Å². The number of anilines is 1. The van der Waals surface area contributed by atoms with Crippen LogP contribution < -0.4 is 5.32 Å². The van der Waals surface area contributed by atoms with Gasteiger partial charge in [0.15, 0.2) is 0 Å². The van der Waals surface area contributed by atoms with Gasteiger partial charge in [-0.15, -0.1) is 0 Å². The van der Waals surface area contributed by atoms with Crippen molar-refractivity contribution in [1.29, 1.82) is 0 Å². The van der Waals surface area contributed by atoms with Gasteiger partial charge in [-0.25, -0.2) is 0 Å². The van der Waals surface area contributed by atoms with Crippen molar-refractivity contribution in [2.24, 2.45) is 0 Å². The molecule has 0 aromatic heterocycles. The average Bonchev–Trinajstić information content (AvgIpc) is 2.26. The molecule has 1 saturated heterocycles. The van der Waals surface area contributed by atoms with E-state index < -0.39 is 0 Å². The van der Waals surface area contributed by atoms with Crippen LogP contribution in [0, 0.1) is 0 Å². The van der Waals surface area contributed by atoms with E-state index in [0.29, 0.717) is 6.10 Å². The van der Waals surface area contributed by atoms with E-state index in [4.69, 9.17) is 16.3 Å². The normalized spacial score (nSPS) is 23.3. The second-order valence-electron chi connectivity index (χ2n) is 5.86. The lowest BCUT2D eigenvalue weighted by molar-refractivity contribution is -0.127. The fourth-order valence-electron chi connectivity index (χ4n) is 2.71. The maximum absolute atomic E-state index is 5.96. The monoisotopic (exact) mass is 282 g/mol. The lowest BCUT2D eigenvalue weighted by Crippen LogP contribution is -2.52. The van der Waals surface area contributed by atoms with Gasteiger partial charge in [-0.3, -0.25) is 4.90 Å². The highest BCUT2D eigenvalue weighted by Gasteiger charge is 2.30. The molecule has 1 heterocycles. The number of morpholine rings is 1. The summed E-state index contributed by atoms with van der Waals surface area (Å²) in [5.74, 6) is 0. The first-order valence-electron chi connectivity index (χ1n) is 6.84. The number of ether oxygens (including phenoxy) is 1. The third-order valence-electron chi connectivity index (χ3n) is 3.22. The molecule has 0 saturated carbocycles. The minimum absolute atomic E-state index is 0.0479. The topological polar surface area (TPSA) is 24.5 Å². The number of benzene rings is 1. The van der Waals surface area contributed by atoms with E-state index in [1.54, 1.807) is 0 Å². The molecule has 1 aromatic rings. The van der Waals surface area contributed by atoms with E-state index >= 15 is 0 Å². The Hall–Kier alpha value is -0.770. The fraction of sp³-hybridized carbons (Fsp3) is 0.600. The SMILES string of the molecule is CC1CN(CCNc2cccc(Cl)c2)CC(C)(C)O1. The van der Waals surface area contributed by atoms with Crippen LogP contribution >= 0.6 is 11.6 Å². The van der Waals surface area contributed by atoms with E-state index in [1.165, 1.54) is 0 Å². The molecular weight excluding hydrogens is 260 g/mol. The smallest absolute Gasteiger partial charge is 0.0757 e. The maximum atomic E-state index is 5.96. The summed E-state index contributed by atoms with van der Waals surface area (Å²) in [4.78, 5) is 2.45. The number of halogens is 1. The van der Waals surface area contributed by atoms with E-state index in [0.717, 1.165) is 36.9 Å². The van der Waals surface area contributed by atoms with Crippen LogP contribution in [-0.2, 0) is 4.74 Å².